The van der Waals surface area contributed by atoms with Crippen molar-refractivity contribution in [2.45, 2.75) is 6.92 Å². The van der Waals surface area contributed by atoms with E-state index in [4.69, 9.17) is 5.26 Å². The van der Waals surface area contributed by atoms with Crippen LogP contribution in [0.15, 0.2) is 36.5 Å². The minimum atomic E-state index is -0.433. The number of rotatable bonds is 3. The lowest BCUT2D eigenvalue weighted by Gasteiger charge is -2.18. The fourth-order valence-corrected chi connectivity index (χ4v) is 1.89. The monoisotopic (exact) mass is 268 g/mol. The number of anilines is 2. The summed E-state index contributed by atoms with van der Waals surface area (Å²) in [4.78, 5) is 16.5. The number of nitro groups is 1. The van der Waals surface area contributed by atoms with Crippen molar-refractivity contribution in [1.29, 1.82) is 5.26 Å². The average molecular weight is 268 g/mol. The van der Waals surface area contributed by atoms with E-state index in [1.54, 1.807) is 49.2 Å². The molecule has 0 saturated heterocycles. The molecule has 0 fully saturated rings. The van der Waals surface area contributed by atoms with Crippen LogP contribution in [0.5, 0.6) is 0 Å². The molecule has 1 aromatic heterocycles. The minimum Gasteiger partial charge on any atom is -0.324 e. The largest absolute Gasteiger partial charge is 0.324 e. The maximum absolute atomic E-state index is 11.2. The average Bonchev–Trinajstić information content (AvgIpc) is 2.46. The fraction of sp³-hybridized carbons (Fsp3) is 0.143. The molecule has 2 aromatic rings. The molecule has 1 aromatic carbocycles. The van der Waals surface area contributed by atoms with Gasteiger partial charge in [-0.25, -0.2) is 4.98 Å². The van der Waals surface area contributed by atoms with Crippen molar-refractivity contribution < 1.29 is 4.92 Å². The Morgan fingerprint density at radius 2 is 1.95 bits per heavy atom. The predicted octanol–water partition coefficient (Wildman–Crippen LogP) is 2.94. The molecule has 1 heterocycles. The van der Waals surface area contributed by atoms with Crippen molar-refractivity contribution in [1.82, 2.24) is 4.98 Å². The second-order valence-electron chi connectivity index (χ2n) is 4.27. The lowest BCUT2D eigenvalue weighted by molar-refractivity contribution is -0.384. The van der Waals surface area contributed by atoms with Crippen LogP contribution in [-0.4, -0.2) is 17.0 Å². The van der Waals surface area contributed by atoms with E-state index in [1.807, 2.05) is 6.07 Å². The van der Waals surface area contributed by atoms with Gasteiger partial charge in [0.05, 0.1) is 16.6 Å². The summed E-state index contributed by atoms with van der Waals surface area (Å²) in [6.07, 6.45) is 1.54. The van der Waals surface area contributed by atoms with Gasteiger partial charge in [-0.3, -0.25) is 10.1 Å². The Morgan fingerprint density at radius 3 is 2.50 bits per heavy atom. The van der Waals surface area contributed by atoms with E-state index < -0.39 is 4.92 Å². The molecule has 2 rings (SSSR count). The van der Waals surface area contributed by atoms with Crippen LogP contribution in [0.25, 0.3) is 0 Å². The van der Waals surface area contributed by atoms with Gasteiger partial charge in [0.2, 0.25) is 5.82 Å². The highest BCUT2D eigenvalue weighted by atomic mass is 16.6. The van der Waals surface area contributed by atoms with Crippen molar-refractivity contribution in [2.24, 2.45) is 0 Å². The van der Waals surface area contributed by atoms with E-state index in [0.29, 0.717) is 11.1 Å². The lowest BCUT2D eigenvalue weighted by Crippen LogP contribution is -2.13. The van der Waals surface area contributed by atoms with Gasteiger partial charge in [-0.05, 0) is 37.3 Å². The highest BCUT2D eigenvalue weighted by Crippen LogP contribution is 2.32. The number of pyridine rings is 1. The summed E-state index contributed by atoms with van der Waals surface area (Å²) >= 11 is 0. The first kappa shape index (κ1) is 13.5. The van der Waals surface area contributed by atoms with Crippen LogP contribution in [0, 0.1) is 28.4 Å². The van der Waals surface area contributed by atoms with Gasteiger partial charge in [-0.15, -0.1) is 0 Å². The van der Waals surface area contributed by atoms with Gasteiger partial charge < -0.3 is 4.90 Å². The first-order valence-corrected chi connectivity index (χ1v) is 5.88. The van der Waals surface area contributed by atoms with Gasteiger partial charge in [0, 0.05) is 24.5 Å². The summed E-state index contributed by atoms with van der Waals surface area (Å²) in [7, 11) is 1.70. The number of nitrogens with zero attached hydrogens (tertiary/aromatic N) is 4. The summed E-state index contributed by atoms with van der Waals surface area (Å²) in [6.45, 7) is 1.68. The molecule has 0 bridgehead atoms. The third-order valence-corrected chi connectivity index (χ3v) is 2.99. The maximum atomic E-state index is 11.2. The van der Waals surface area contributed by atoms with E-state index in [0.717, 1.165) is 5.69 Å². The Labute approximate surface area is 116 Å². The molecule has 20 heavy (non-hydrogen) atoms. The number of aromatic nitrogens is 1. The highest BCUT2D eigenvalue weighted by molar-refractivity contribution is 5.69. The van der Waals surface area contributed by atoms with E-state index in [1.165, 1.54) is 6.20 Å². The standard InChI is InChI=1S/C14H12N4O2/c1-10-7-8-16-14(13(10)18(19)20)17(2)12-5-3-11(9-15)4-6-12/h3-8H,1-2H3. The Kier molecular flexibility index (Phi) is 3.62. The van der Waals surface area contributed by atoms with E-state index in [9.17, 15) is 10.1 Å². The number of aryl methyl sites for hydroxylation is 1. The minimum absolute atomic E-state index is 0.0145. The predicted molar refractivity (Wildman–Crippen MR) is 74.8 cm³/mol. The number of benzene rings is 1. The van der Waals surface area contributed by atoms with Crippen LogP contribution < -0.4 is 4.90 Å². The molecule has 0 aliphatic heterocycles. The quantitative estimate of drug-likeness (QED) is 0.631. The molecule has 0 radical (unpaired) electrons. The zero-order valence-electron chi connectivity index (χ0n) is 11.1. The van der Waals surface area contributed by atoms with Crippen molar-refractivity contribution in [3.63, 3.8) is 0 Å². The summed E-state index contributed by atoms with van der Waals surface area (Å²) in [5.74, 6) is 0.278. The molecule has 0 aliphatic rings. The van der Waals surface area contributed by atoms with Gasteiger partial charge in [-0.2, -0.15) is 5.26 Å². The Hall–Kier alpha value is -2.94. The summed E-state index contributed by atoms with van der Waals surface area (Å²) in [6, 6.07) is 10.4. The Balaban J connectivity index is 2.48. The first-order valence-electron chi connectivity index (χ1n) is 5.88. The molecular weight excluding hydrogens is 256 g/mol. The third-order valence-electron chi connectivity index (χ3n) is 2.99. The van der Waals surface area contributed by atoms with Gasteiger partial charge in [0.1, 0.15) is 0 Å². The van der Waals surface area contributed by atoms with Gasteiger partial charge >= 0.3 is 5.69 Å². The summed E-state index contributed by atoms with van der Waals surface area (Å²) < 4.78 is 0. The number of nitriles is 1. The Morgan fingerprint density at radius 1 is 1.30 bits per heavy atom. The molecule has 0 saturated carbocycles. The van der Waals surface area contributed by atoms with Crippen LogP contribution >= 0.6 is 0 Å². The van der Waals surface area contributed by atoms with E-state index in [2.05, 4.69) is 4.98 Å². The molecule has 6 nitrogen and oxygen atoms in total. The normalized spacial score (nSPS) is 9.85. The second-order valence-corrected chi connectivity index (χ2v) is 4.27. The molecule has 100 valence electrons. The van der Waals surface area contributed by atoms with Gasteiger partial charge in [-0.1, -0.05) is 0 Å². The van der Waals surface area contributed by atoms with Crippen molar-refractivity contribution in [2.75, 3.05) is 11.9 Å². The molecule has 0 N–H and O–H groups in total. The highest BCUT2D eigenvalue weighted by Gasteiger charge is 2.22. The van der Waals surface area contributed by atoms with Crippen molar-refractivity contribution in [3.8, 4) is 6.07 Å². The Bertz CT molecular complexity index is 689. The van der Waals surface area contributed by atoms with Crippen molar-refractivity contribution >= 4 is 17.2 Å². The molecule has 6 heteroatoms. The topological polar surface area (TPSA) is 83.1 Å². The lowest BCUT2D eigenvalue weighted by atomic mass is 10.2. The van der Waals surface area contributed by atoms with Crippen LogP contribution in [-0.2, 0) is 0 Å². The third kappa shape index (κ3) is 2.42. The van der Waals surface area contributed by atoms with Crippen LogP contribution in [0.4, 0.5) is 17.2 Å². The second kappa shape index (κ2) is 5.36. The molecule has 0 amide bonds. The molecular formula is C14H12N4O2. The van der Waals surface area contributed by atoms with Crippen molar-refractivity contribution in [3.05, 3.63) is 57.8 Å². The molecule has 0 atom stereocenters. The van der Waals surface area contributed by atoms with Crippen LogP contribution in [0.3, 0.4) is 0 Å². The summed E-state index contributed by atoms with van der Waals surface area (Å²) in [5, 5.41) is 19.9. The number of hydrogen-bond acceptors (Lipinski definition) is 5. The smallest absolute Gasteiger partial charge is 0.314 e. The fourth-order valence-electron chi connectivity index (χ4n) is 1.89. The van der Waals surface area contributed by atoms with E-state index >= 15 is 0 Å². The molecule has 0 aliphatic carbocycles. The summed E-state index contributed by atoms with van der Waals surface area (Å²) in [5.41, 5.74) is 1.80. The van der Waals surface area contributed by atoms with Gasteiger partial charge in [0.15, 0.2) is 0 Å². The SMILES string of the molecule is Cc1ccnc(N(C)c2ccc(C#N)cc2)c1[N+](=O)[O-]. The van der Waals surface area contributed by atoms with E-state index in [-0.39, 0.29) is 11.5 Å². The molecule has 0 spiro atoms. The van der Waals surface area contributed by atoms with Crippen LogP contribution in [0.1, 0.15) is 11.1 Å². The maximum Gasteiger partial charge on any atom is 0.314 e. The zero-order valence-corrected chi connectivity index (χ0v) is 11.1. The van der Waals surface area contributed by atoms with Gasteiger partial charge in [0.25, 0.3) is 0 Å². The first-order chi connectivity index (χ1) is 9.54. The number of hydrogen-bond donors (Lipinski definition) is 0. The van der Waals surface area contributed by atoms with Crippen LogP contribution in [0.2, 0.25) is 0 Å². The zero-order chi connectivity index (χ0) is 14.7. The molecule has 0 unspecified atom stereocenters.